The Bertz CT molecular complexity index is 661. The van der Waals surface area contributed by atoms with Crippen molar-refractivity contribution in [2.24, 2.45) is 0 Å². The number of piperazine rings is 1. The van der Waals surface area contributed by atoms with Gasteiger partial charge in [-0.2, -0.15) is 0 Å². The van der Waals surface area contributed by atoms with E-state index in [1.54, 1.807) is 19.1 Å². The molecular formula is C17H20FN3O2. The zero-order valence-corrected chi connectivity index (χ0v) is 13.4. The van der Waals surface area contributed by atoms with Gasteiger partial charge in [0.1, 0.15) is 11.5 Å². The van der Waals surface area contributed by atoms with Gasteiger partial charge >= 0.3 is 0 Å². The molecule has 2 aliphatic heterocycles. The fourth-order valence-corrected chi connectivity index (χ4v) is 3.05. The fourth-order valence-electron chi connectivity index (χ4n) is 3.05. The number of amides is 2. The van der Waals surface area contributed by atoms with E-state index in [-0.39, 0.29) is 17.6 Å². The lowest BCUT2D eigenvalue weighted by atomic mass is 10.0. The molecule has 23 heavy (non-hydrogen) atoms. The number of rotatable bonds is 3. The smallest absolute Gasteiger partial charge is 0.277 e. The number of benzene rings is 1. The van der Waals surface area contributed by atoms with E-state index in [1.165, 1.54) is 17.0 Å². The molecule has 1 fully saturated rings. The summed E-state index contributed by atoms with van der Waals surface area (Å²) in [4.78, 5) is 30.8. The second kappa shape index (κ2) is 6.12. The Morgan fingerprint density at radius 2 is 1.61 bits per heavy atom. The highest BCUT2D eigenvalue weighted by Crippen LogP contribution is 2.32. The van der Waals surface area contributed by atoms with Crippen LogP contribution in [0.25, 0.3) is 5.57 Å². The molecule has 0 N–H and O–H groups in total. The maximum atomic E-state index is 13.2. The third-order valence-corrected chi connectivity index (χ3v) is 4.41. The van der Waals surface area contributed by atoms with Gasteiger partial charge in [-0.1, -0.05) is 12.1 Å². The van der Waals surface area contributed by atoms with E-state index in [9.17, 15) is 14.0 Å². The summed E-state index contributed by atoms with van der Waals surface area (Å²) < 4.78 is 13.2. The Morgan fingerprint density at radius 3 is 2.17 bits per heavy atom. The van der Waals surface area contributed by atoms with E-state index in [1.807, 2.05) is 11.9 Å². The van der Waals surface area contributed by atoms with Gasteiger partial charge in [-0.05, 0) is 31.7 Å². The Balaban J connectivity index is 2.05. The van der Waals surface area contributed by atoms with E-state index in [4.69, 9.17) is 0 Å². The zero-order chi connectivity index (χ0) is 16.6. The Morgan fingerprint density at radius 1 is 1.00 bits per heavy atom. The first kappa shape index (κ1) is 15.7. The van der Waals surface area contributed by atoms with Crippen LogP contribution >= 0.6 is 0 Å². The summed E-state index contributed by atoms with van der Waals surface area (Å²) >= 11 is 0. The molecule has 0 aromatic heterocycles. The Hall–Kier alpha value is -2.21. The van der Waals surface area contributed by atoms with Gasteiger partial charge < -0.3 is 9.80 Å². The molecule has 0 spiro atoms. The summed E-state index contributed by atoms with van der Waals surface area (Å²) in [5.41, 5.74) is 1.44. The Kier molecular flexibility index (Phi) is 4.17. The van der Waals surface area contributed by atoms with Crippen molar-refractivity contribution in [3.05, 3.63) is 41.3 Å². The third kappa shape index (κ3) is 2.74. The molecule has 0 atom stereocenters. The zero-order valence-electron chi connectivity index (χ0n) is 13.4. The van der Waals surface area contributed by atoms with Crippen molar-refractivity contribution in [2.45, 2.75) is 6.92 Å². The molecule has 0 saturated carbocycles. The van der Waals surface area contributed by atoms with Crippen LogP contribution < -0.4 is 0 Å². The lowest BCUT2D eigenvalue weighted by Gasteiger charge is -2.34. The quantitative estimate of drug-likeness (QED) is 0.785. The normalized spacial score (nSPS) is 20.0. The summed E-state index contributed by atoms with van der Waals surface area (Å²) in [6, 6.07) is 5.75. The van der Waals surface area contributed by atoms with Crippen molar-refractivity contribution in [2.75, 3.05) is 39.8 Å². The average Bonchev–Trinajstić information content (AvgIpc) is 2.79. The average molecular weight is 317 g/mol. The van der Waals surface area contributed by atoms with Gasteiger partial charge in [0.25, 0.3) is 11.8 Å². The minimum Gasteiger partial charge on any atom is -0.364 e. The van der Waals surface area contributed by atoms with Gasteiger partial charge in [0.15, 0.2) is 0 Å². The molecule has 2 heterocycles. The van der Waals surface area contributed by atoms with E-state index in [0.29, 0.717) is 36.5 Å². The molecule has 6 heteroatoms. The van der Waals surface area contributed by atoms with Crippen LogP contribution in [-0.4, -0.2) is 66.3 Å². The minimum absolute atomic E-state index is 0.249. The third-order valence-electron chi connectivity index (χ3n) is 4.41. The van der Waals surface area contributed by atoms with Crippen molar-refractivity contribution in [3.8, 4) is 0 Å². The molecule has 5 nitrogen and oxygen atoms in total. The molecule has 122 valence electrons. The van der Waals surface area contributed by atoms with Gasteiger partial charge in [-0.3, -0.25) is 14.5 Å². The highest BCUT2D eigenvalue weighted by Gasteiger charge is 2.41. The number of hydrogen-bond acceptors (Lipinski definition) is 4. The first-order valence-corrected chi connectivity index (χ1v) is 7.82. The molecule has 3 rings (SSSR count). The van der Waals surface area contributed by atoms with E-state index in [0.717, 1.165) is 13.1 Å². The minimum atomic E-state index is -0.361. The number of halogens is 1. The predicted molar refractivity (Wildman–Crippen MR) is 84.8 cm³/mol. The van der Waals surface area contributed by atoms with Crippen molar-refractivity contribution in [1.29, 1.82) is 0 Å². The van der Waals surface area contributed by atoms with Gasteiger partial charge in [0, 0.05) is 32.7 Å². The van der Waals surface area contributed by atoms with Crippen molar-refractivity contribution < 1.29 is 14.0 Å². The summed E-state index contributed by atoms with van der Waals surface area (Å²) in [6.07, 6.45) is 0. The van der Waals surface area contributed by atoms with Gasteiger partial charge in [0.2, 0.25) is 0 Å². The SMILES string of the molecule is CCN1C(=O)C(c2ccc(F)cc2)=C(N2CCN(C)CC2)C1=O. The van der Waals surface area contributed by atoms with Crippen LogP contribution in [0.5, 0.6) is 0 Å². The summed E-state index contributed by atoms with van der Waals surface area (Å²) in [6.45, 7) is 5.20. The van der Waals surface area contributed by atoms with Crippen molar-refractivity contribution >= 4 is 17.4 Å². The first-order valence-electron chi connectivity index (χ1n) is 7.82. The van der Waals surface area contributed by atoms with Crippen LogP contribution in [0.2, 0.25) is 0 Å². The number of imide groups is 1. The predicted octanol–water partition coefficient (Wildman–Crippen LogP) is 1.17. The molecule has 0 unspecified atom stereocenters. The number of likely N-dealkylation sites (N-methyl/N-ethyl adjacent to an activating group) is 2. The monoisotopic (exact) mass is 317 g/mol. The van der Waals surface area contributed by atoms with Crippen LogP contribution in [0.1, 0.15) is 12.5 Å². The standard InChI is InChI=1S/C17H20FN3O2/c1-3-21-16(22)14(12-4-6-13(18)7-5-12)15(17(21)23)20-10-8-19(2)9-11-20/h4-7H,3,8-11H2,1-2H3. The van der Waals surface area contributed by atoms with Crippen LogP contribution in [0.4, 0.5) is 4.39 Å². The van der Waals surface area contributed by atoms with Gasteiger partial charge in [0.05, 0.1) is 5.57 Å². The largest absolute Gasteiger partial charge is 0.364 e. The second-order valence-corrected chi connectivity index (χ2v) is 5.88. The lowest BCUT2D eigenvalue weighted by molar-refractivity contribution is -0.137. The van der Waals surface area contributed by atoms with E-state index in [2.05, 4.69) is 4.90 Å². The molecular weight excluding hydrogens is 297 g/mol. The molecule has 2 amide bonds. The maximum absolute atomic E-state index is 13.2. The molecule has 1 saturated heterocycles. The van der Waals surface area contributed by atoms with Crippen molar-refractivity contribution in [3.63, 3.8) is 0 Å². The Labute approximate surface area is 135 Å². The van der Waals surface area contributed by atoms with Gasteiger partial charge in [-0.15, -0.1) is 0 Å². The molecule has 0 radical (unpaired) electrons. The van der Waals surface area contributed by atoms with E-state index < -0.39 is 0 Å². The molecule has 0 aliphatic carbocycles. The lowest BCUT2D eigenvalue weighted by Crippen LogP contribution is -2.46. The van der Waals surface area contributed by atoms with E-state index >= 15 is 0 Å². The first-order chi connectivity index (χ1) is 11.0. The number of carbonyl (C=O) groups excluding carboxylic acids is 2. The molecule has 0 bridgehead atoms. The molecule has 2 aliphatic rings. The highest BCUT2D eigenvalue weighted by molar-refractivity contribution is 6.35. The van der Waals surface area contributed by atoms with Crippen LogP contribution in [0, 0.1) is 5.82 Å². The number of hydrogen-bond donors (Lipinski definition) is 0. The second-order valence-electron chi connectivity index (χ2n) is 5.88. The fraction of sp³-hybridized carbons (Fsp3) is 0.412. The highest BCUT2D eigenvalue weighted by atomic mass is 19.1. The molecule has 1 aromatic carbocycles. The summed E-state index contributed by atoms with van der Waals surface area (Å²) in [7, 11) is 2.03. The van der Waals surface area contributed by atoms with Crippen LogP contribution in [-0.2, 0) is 9.59 Å². The number of carbonyl (C=O) groups is 2. The topological polar surface area (TPSA) is 43.9 Å². The summed E-state index contributed by atoms with van der Waals surface area (Å²) in [5.74, 6) is -0.904. The van der Waals surface area contributed by atoms with Crippen LogP contribution in [0.3, 0.4) is 0 Å². The maximum Gasteiger partial charge on any atom is 0.277 e. The van der Waals surface area contributed by atoms with Crippen LogP contribution in [0.15, 0.2) is 30.0 Å². The summed E-state index contributed by atoms with van der Waals surface area (Å²) in [5, 5.41) is 0. The molecule has 1 aromatic rings. The number of nitrogens with zero attached hydrogens (tertiary/aromatic N) is 3. The van der Waals surface area contributed by atoms with Gasteiger partial charge in [-0.25, -0.2) is 4.39 Å². The van der Waals surface area contributed by atoms with Crippen molar-refractivity contribution in [1.82, 2.24) is 14.7 Å².